The first kappa shape index (κ1) is 14.8. The summed E-state index contributed by atoms with van der Waals surface area (Å²) in [7, 11) is 1.60. The molecule has 0 spiro atoms. The second-order valence-electron chi connectivity index (χ2n) is 4.09. The maximum atomic E-state index is 12.2. The van der Waals surface area contributed by atoms with E-state index in [1.165, 1.54) is 6.07 Å². The summed E-state index contributed by atoms with van der Waals surface area (Å²) in [4.78, 5) is -0.102. The Labute approximate surface area is 124 Å². The second-order valence-corrected chi connectivity index (χ2v) is 5.00. The Morgan fingerprint density at radius 3 is 2.25 bits per heavy atom. The van der Waals surface area contributed by atoms with Crippen LogP contribution in [0.2, 0.25) is 0 Å². The molecule has 20 heavy (non-hydrogen) atoms. The molecule has 1 unspecified atom stereocenters. The molecular weight excluding hydrogens is 330 g/mol. The van der Waals surface area contributed by atoms with Crippen LogP contribution in [0.1, 0.15) is 16.0 Å². The van der Waals surface area contributed by atoms with Gasteiger partial charge in [-0.05, 0) is 35.4 Å². The van der Waals surface area contributed by atoms with Gasteiger partial charge in [0.15, 0.2) is 0 Å². The molecule has 1 atom stereocenters. The lowest BCUT2D eigenvalue weighted by Gasteiger charge is -2.13. The van der Waals surface area contributed by atoms with Gasteiger partial charge in [0.05, 0.1) is 11.9 Å². The molecule has 2 aromatic rings. The standard InChI is InChI=1S/C15H13BrF2O2/c1-19-12-7-5-10(6-8-12)14(16)11-3-2-4-13(9-11)20-15(17)18/h2-9,14-15H,1H3. The van der Waals surface area contributed by atoms with Crippen LogP contribution in [0.15, 0.2) is 48.5 Å². The first-order chi connectivity index (χ1) is 9.60. The van der Waals surface area contributed by atoms with Gasteiger partial charge in [0.1, 0.15) is 11.5 Å². The lowest BCUT2D eigenvalue weighted by atomic mass is 10.0. The van der Waals surface area contributed by atoms with E-state index in [-0.39, 0.29) is 10.6 Å². The van der Waals surface area contributed by atoms with Crippen molar-refractivity contribution < 1.29 is 18.3 Å². The fourth-order valence-corrected chi connectivity index (χ4v) is 2.40. The number of hydrogen-bond donors (Lipinski definition) is 0. The van der Waals surface area contributed by atoms with Crippen molar-refractivity contribution in [2.75, 3.05) is 7.11 Å². The molecule has 0 aromatic heterocycles. The predicted molar refractivity (Wildman–Crippen MR) is 76.8 cm³/mol. The van der Waals surface area contributed by atoms with Crippen LogP contribution in [0.5, 0.6) is 11.5 Å². The monoisotopic (exact) mass is 342 g/mol. The van der Waals surface area contributed by atoms with Crippen LogP contribution in [-0.4, -0.2) is 13.7 Å². The zero-order valence-corrected chi connectivity index (χ0v) is 12.3. The van der Waals surface area contributed by atoms with Crippen LogP contribution in [0.4, 0.5) is 8.78 Å². The molecule has 0 N–H and O–H groups in total. The van der Waals surface area contributed by atoms with E-state index < -0.39 is 6.61 Å². The molecule has 0 aliphatic rings. The lowest BCUT2D eigenvalue weighted by Crippen LogP contribution is -2.02. The van der Waals surface area contributed by atoms with Gasteiger partial charge in [-0.15, -0.1) is 0 Å². The van der Waals surface area contributed by atoms with Gasteiger partial charge in [-0.1, -0.05) is 40.2 Å². The van der Waals surface area contributed by atoms with Crippen molar-refractivity contribution >= 4 is 15.9 Å². The van der Waals surface area contributed by atoms with E-state index in [0.29, 0.717) is 0 Å². The third kappa shape index (κ3) is 3.70. The lowest BCUT2D eigenvalue weighted by molar-refractivity contribution is -0.0498. The van der Waals surface area contributed by atoms with E-state index in [2.05, 4.69) is 20.7 Å². The highest BCUT2D eigenvalue weighted by atomic mass is 79.9. The summed E-state index contributed by atoms with van der Waals surface area (Å²) in [5.41, 5.74) is 1.84. The SMILES string of the molecule is COc1ccc(C(Br)c2cccc(OC(F)F)c2)cc1. The molecule has 5 heteroatoms. The Morgan fingerprint density at radius 2 is 1.65 bits per heavy atom. The summed E-state index contributed by atoms with van der Waals surface area (Å²) in [5, 5.41) is 0. The van der Waals surface area contributed by atoms with Crippen LogP contribution >= 0.6 is 15.9 Å². The number of hydrogen-bond acceptors (Lipinski definition) is 2. The third-order valence-corrected chi connectivity index (χ3v) is 3.84. The highest BCUT2D eigenvalue weighted by Gasteiger charge is 2.12. The number of alkyl halides is 3. The highest BCUT2D eigenvalue weighted by molar-refractivity contribution is 9.09. The Hall–Kier alpha value is -1.62. The first-order valence-corrected chi connectivity index (χ1v) is 6.84. The van der Waals surface area contributed by atoms with E-state index in [1.807, 2.05) is 30.3 Å². The van der Waals surface area contributed by atoms with Gasteiger partial charge in [-0.3, -0.25) is 0 Å². The molecular formula is C15H13BrF2O2. The maximum absolute atomic E-state index is 12.2. The van der Waals surface area contributed by atoms with Crippen LogP contribution in [-0.2, 0) is 0 Å². The summed E-state index contributed by atoms with van der Waals surface area (Å²) < 4.78 is 33.9. The Morgan fingerprint density at radius 1 is 0.950 bits per heavy atom. The third-order valence-electron chi connectivity index (χ3n) is 2.78. The summed E-state index contributed by atoms with van der Waals surface area (Å²) in [6.07, 6.45) is 0. The van der Waals surface area contributed by atoms with Gasteiger partial charge in [0.2, 0.25) is 0 Å². The fraction of sp³-hybridized carbons (Fsp3) is 0.200. The topological polar surface area (TPSA) is 18.5 Å². The number of benzene rings is 2. The summed E-state index contributed by atoms with van der Waals surface area (Å²) in [6, 6.07) is 14.2. The quantitative estimate of drug-likeness (QED) is 0.728. The molecule has 106 valence electrons. The van der Waals surface area contributed by atoms with Crippen molar-refractivity contribution in [1.29, 1.82) is 0 Å². The predicted octanol–water partition coefficient (Wildman–Crippen LogP) is 4.78. The minimum Gasteiger partial charge on any atom is -0.497 e. The molecule has 0 heterocycles. The largest absolute Gasteiger partial charge is 0.497 e. The van der Waals surface area contributed by atoms with Crippen molar-refractivity contribution in [3.8, 4) is 11.5 Å². The van der Waals surface area contributed by atoms with Gasteiger partial charge in [-0.2, -0.15) is 8.78 Å². The van der Waals surface area contributed by atoms with E-state index >= 15 is 0 Å². The van der Waals surface area contributed by atoms with Gasteiger partial charge >= 0.3 is 6.61 Å². The summed E-state index contributed by atoms with van der Waals surface area (Å²) in [6.45, 7) is -2.82. The van der Waals surface area contributed by atoms with Crippen LogP contribution < -0.4 is 9.47 Å². The average Bonchev–Trinajstić information content (AvgIpc) is 2.46. The zero-order chi connectivity index (χ0) is 14.5. The van der Waals surface area contributed by atoms with Gasteiger partial charge in [-0.25, -0.2) is 0 Å². The average molecular weight is 343 g/mol. The van der Waals surface area contributed by atoms with Crippen LogP contribution in [0.3, 0.4) is 0 Å². The fourth-order valence-electron chi connectivity index (χ4n) is 1.81. The Balaban J connectivity index is 2.20. The maximum Gasteiger partial charge on any atom is 0.387 e. The Kier molecular flexibility index (Phi) is 4.95. The Bertz CT molecular complexity index is 558. The highest BCUT2D eigenvalue weighted by Crippen LogP contribution is 2.33. The van der Waals surface area contributed by atoms with Crippen LogP contribution in [0, 0.1) is 0 Å². The second kappa shape index (κ2) is 6.70. The summed E-state index contributed by atoms with van der Waals surface area (Å²) >= 11 is 3.56. The van der Waals surface area contributed by atoms with E-state index in [4.69, 9.17) is 4.74 Å². The molecule has 0 amide bonds. The van der Waals surface area contributed by atoms with E-state index in [1.54, 1.807) is 19.2 Å². The molecule has 0 aliphatic heterocycles. The van der Waals surface area contributed by atoms with Crippen molar-refractivity contribution in [3.63, 3.8) is 0 Å². The summed E-state index contributed by atoms with van der Waals surface area (Å²) in [5.74, 6) is 0.915. The molecule has 2 rings (SSSR count). The normalized spacial score (nSPS) is 12.2. The number of methoxy groups -OCH3 is 1. The first-order valence-electron chi connectivity index (χ1n) is 5.93. The molecule has 2 nitrogen and oxygen atoms in total. The minimum absolute atomic E-state index is 0.102. The molecule has 2 aromatic carbocycles. The molecule has 0 saturated carbocycles. The minimum atomic E-state index is -2.82. The van der Waals surface area contributed by atoms with Gasteiger partial charge in [0.25, 0.3) is 0 Å². The van der Waals surface area contributed by atoms with Gasteiger partial charge < -0.3 is 9.47 Å². The van der Waals surface area contributed by atoms with Crippen molar-refractivity contribution in [2.24, 2.45) is 0 Å². The molecule has 0 bridgehead atoms. The number of ether oxygens (including phenoxy) is 2. The molecule has 0 radical (unpaired) electrons. The van der Waals surface area contributed by atoms with E-state index in [0.717, 1.165) is 16.9 Å². The van der Waals surface area contributed by atoms with Gasteiger partial charge in [0, 0.05) is 0 Å². The smallest absolute Gasteiger partial charge is 0.387 e. The van der Waals surface area contributed by atoms with Crippen LogP contribution in [0.25, 0.3) is 0 Å². The number of rotatable bonds is 5. The number of halogens is 3. The zero-order valence-electron chi connectivity index (χ0n) is 10.7. The van der Waals surface area contributed by atoms with E-state index in [9.17, 15) is 8.78 Å². The van der Waals surface area contributed by atoms with Crippen molar-refractivity contribution in [1.82, 2.24) is 0 Å². The molecule has 0 fully saturated rings. The van der Waals surface area contributed by atoms with Crippen molar-refractivity contribution in [3.05, 3.63) is 59.7 Å². The molecule has 0 saturated heterocycles. The molecule has 0 aliphatic carbocycles. The van der Waals surface area contributed by atoms with Crippen molar-refractivity contribution in [2.45, 2.75) is 11.4 Å².